The molecular weight excluding hydrogens is 600 g/mol. The van der Waals surface area contributed by atoms with Gasteiger partial charge in [0.15, 0.2) is 0 Å². The van der Waals surface area contributed by atoms with Gasteiger partial charge in [0.05, 0.1) is 11.5 Å². The summed E-state index contributed by atoms with van der Waals surface area (Å²) in [5, 5.41) is 26.1. The number of carbonyl (C=O) groups excluding carboxylic acids is 2. The fourth-order valence-corrected chi connectivity index (χ4v) is 13.2. The predicted octanol–water partition coefficient (Wildman–Crippen LogP) is 8.05. The van der Waals surface area contributed by atoms with Crippen molar-refractivity contribution in [3.05, 3.63) is 12.2 Å². The molecule has 2 amide bonds. The molecule has 4 N–H and O–H groups in total. The van der Waals surface area contributed by atoms with Crippen molar-refractivity contribution < 1.29 is 24.6 Å². The Morgan fingerprint density at radius 2 is 1.44 bits per heavy atom. The van der Waals surface area contributed by atoms with Crippen LogP contribution in [0.2, 0.25) is 0 Å². The zero-order chi connectivity index (χ0) is 35.1. The Morgan fingerprint density at radius 1 is 0.729 bits per heavy atom. The first-order chi connectivity index (χ1) is 22.5. The third-order valence-electron chi connectivity index (χ3n) is 16.0. The number of amides is 2. The number of nitrogens with one attached hydrogen (secondary N) is 2. The number of hydrogen-bond donors (Lipinski definition) is 4. The molecular formula is C41H68N2O5. The molecule has 5 rings (SSSR count). The molecule has 5 fully saturated rings. The van der Waals surface area contributed by atoms with Crippen LogP contribution in [0.1, 0.15) is 151 Å². The second kappa shape index (κ2) is 14.0. The molecule has 5 aliphatic rings. The fraction of sp³-hybridized carbons (Fsp3) is 0.878. The van der Waals surface area contributed by atoms with E-state index in [1.165, 1.54) is 31.3 Å². The van der Waals surface area contributed by atoms with Crippen LogP contribution in [0.5, 0.6) is 0 Å². The molecule has 7 nitrogen and oxygen atoms in total. The molecule has 0 heterocycles. The lowest BCUT2D eigenvalue weighted by Gasteiger charge is -2.72. The fourth-order valence-electron chi connectivity index (χ4n) is 13.2. The van der Waals surface area contributed by atoms with E-state index >= 15 is 0 Å². The summed E-state index contributed by atoms with van der Waals surface area (Å²) in [4.78, 5) is 37.6. The molecule has 0 aromatic heterocycles. The van der Waals surface area contributed by atoms with Crippen LogP contribution < -0.4 is 10.6 Å². The van der Waals surface area contributed by atoms with E-state index in [4.69, 9.17) is 5.11 Å². The SMILES string of the molecule is C=C(C)[C@@H]1CC[C@]2(C(=O)NCCC(=O)NCCCCCCCC(=O)O)CC[C@]3(C)[C@H](CCC4[C@@]5(C)CC[C@H](O)C(C)(C)[C@@H]5CC[C@]43C)[C@@H]12. The number of aliphatic carboxylic acids is 1. The highest BCUT2D eigenvalue weighted by Crippen LogP contribution is 2.77. The molecule has 0 aromatic carbocycles. The van der Waals surface area contributed by atoms with Gasteiger partial charge in [0.1, 0.15) is 0 Å². The molecule has 272 valence electrons. The smallest absolute Gasteiger partial charge is 0.303 e. The molecule has 1 unspecified atom stereocenters. The van der Waals surface area contributed by atoms with Crippen molar-refractivity contribution in [3.8, 4) is 0 Å². The number of fused-ring (bicyclic) bond motifs is 7. The van der Waals surface area contributed by atoms with Crippen LogP contribution in [0.15, 0.2) is 12.2 Å². The summed E-state index contributed by atoms with van der Waals surface area (Å²) < 4.78 is 0. The largest absolute Gasteiger partial charge is 0.481 e. The monoisotopic (exact) mass is 669 g/mol. The van der Waals surface area contributed by atoms with Crippen molar-refractivity contribution in [2.45, 2.75) is 157 Å². The van der Waals surface area contributed by atoms with Gasteiger partial charge in [-0.2, -0.15) is 0 Å². The van der Waals surface area contributed by atoms with Gasteiger partial charge in [-0.1, -0.05) is 66.0 Å². The van der Waals surface area contributed by atoms with Gasteiger partial charge in [-0.3, -0.25) is 14.4 Å². The van der Waals surface area contributed by atoms with Crippen LogP contribution in [-0.2, 0) is 14.4 Å². The molecule has 0 radical (unpaired) electrons. The third kappa shape index (κ3) is 6.30. The molecule has 0 spiro atoms. The molecule has 0 aromatic rings. The number of carboxylic acids is 1. The first kappa shape index (κ1) is 37.4. The Kier molecular flexibility index (Phi) is 10.9. The lowest BCUT2D eigenvalue weighted by Crippen LogP contribution is -2.67. The van der Waals surface area contributed by atoms with E-state index in [-0.39, 0.29) is 51.4 Å². The van der Waals surface area contributed by atoms with Gasteiger partial charge in [0, 0.05) is 25.9 Å². The summed E-state index contributed by atoms with van der Waals surface area (Å²) in [5.74, 6) is 1.73. The minimum absolute atomic E-state index is 0.0218. The molecule has 5 aliphatic carbocycles. The highest BCUT2D eigenvalue weighted by atomic mass is 16.4. The Morgan fingerprint density at radius 3 is 2.15 bits per heavy atom. The minimum Gasteiger partial charge on any atom is -0.481 e. The predicted molar refractivity (Wildman–Crippen MR) is 191 cm³/mol. The summed E-state index contributed by atoms with van der Waals surface area (Å²) in [5.41, 5.74) is 1.40. The number of aliphatic hydroxyl groups is 1. The van der Waals surface area contributed by atoms with Crippen molar-refractivity contribution in [2.24, 2.45) is 56.7 Å². The zero-order valence-electron chi connectivity index (χ0n) is 31.2. The topological polar surface area (TPSA) is 116 Å². The second-order valence-electron chi connectivity index (χ2n) is 18.5. The Bertz CT molecular complexity index is 1230. The van der Waals surface area contributed by atoms with Gasteiger partial charge < -0.3 is 20.8 Å². The lowest BCUT2D eigenvalue weighted by molar-refractivity contribution is -0.246. The lowest BCUT2D eigenvalue weighted by atomic mass is 9.32. The number of unbranched alkanes of at least 4 members (excludes halogenated alkanes) is 4. The first-order valence-electron chi connectivity index (χ1n) is 19.6. The van der Waals surface area contributed by atoms with E-state index in [0.29, 0.717) is 55.5 Å². The molecule has 48 heavy (non-hydrogen) atoms. The van der Waals surface area contributed by atoms with E-state index < -0.39 is 5.97 Å². The number of rotatable bonds is 13. The number of carboxylic acid groups (broad SMARTS) is 1. The highest BCUT2D eigenvalue weighted by molar-refractivity contribution is 5.84. The van der Waals surface area contributed by atoms with Crippen LogP contribution in [0.25, 0.3) is 0 Å². The van der Waals surface area contributed by atoms with Crippen LogP contribution in [-0.4, -0.2) is 47.2 Å². The van der Waals surface area contributed by atoms with Gasteiger partial charge >= 0.3 is 5.97 Å². The normalized spacial score (nSPS) is 41.2. The minimum atomic E-state index is -0.741. The molecule has 0 saturated heterocycles. The Labute approximate surface area is 291 Å². The maximum Gasteiger partial charge on any atom is 0.303 e. The number of aliphatic hydroxyl groups excluding tert-OH is 1. The molecule has 10 atom stereocenters. The maximum absolute atomic E-state index is 14.3. The van der Waals surface area contributed by atoms with Crippen LogP contribution in [0.3, 0.4) is 0 Å². The number of allylic oxidation sites excluding steroid dienone is 1. The summed E-state index contributed by atoms with van der Waals surface area (Å²) in [6.45, 7) is 20.1. The zero-order valence-corrected chi connectivity index (χ0v) is 31.2. The van der Waals surface area contributed by atoms with Gasteiger partial charge in [-0.25, -0.2) is 0 Å². The van der Waals surface area contributed by atoms with Crippen molar-refractivity contribution >= 4 is 17.8 Å². The van der Waals surface area contributed by atoms with Gasteiger partial charge in [-0.05, 0) is 135 Å². The van der Waals surface area contributed by atoms with Crippen LogP contribution in [0, 0.1) is 56.7 Å². The quantitative estimate of drug-likeness (QED) is 0.117. The Balaban J connectivity index is 1.23. The Hall–Kier alpha value is -1.89. The molecule has 7 heteroatoms. The summed E-state index contributed by atoms with van der Waals surface area (Å²) >= 11 is 0. The van der Waals surface area contributed by atoms with E-state index in [9.17, 15) is 19.5 Å². The van der Waals surface area contributed by atoms with Crippen molar-refractivity contribution in [3.63, 3.8) is 0 Å². The van der Waals surface area contributed by atoms with Crippen LogP contribution in [0.4, 0.5) is 0 Å². The molecule has 0 bridgehead atoms. The number of carbonyl (C=O) groups is 3. The number of hydrogen-bond acceptors (Lipinski definition) is 4. The summed E-state index contributed by atoms with van der Waals surface area (Å²) in [6, 6.07) is 0. The molecule has 5 saturated carbocycles. The van der Waals surface area contributed by atoms with Crippen molar-refractivity contribution in [1.29, 1.82) is 0 Å². The standard InChI is InChI=1S/C41H68N2O5/c1-27(2)28-16-22-41(36(48)43-26-19-33(45)42-25-12-10-8-9-11-13-34(46)47)24-23-39(6)29(35(28)41)14-15-31-38(5)20-18-32(44)37(3,4)30(38)17-21-40(31,39)7/h28-32,35,44H,1,8-26H2,2-7H3,(H,42,45)(H,43,48)(H,46,47)/t28-,29+,30-,31?,32-,35+,38-,39+,40+,41-/m0/s1. The third-order valence-corrected chi connectivity index (χ3v) is 16.0. The van der Waals surface area contributed by atoms with Gasteiger partial charge in [0.25, 0.3) is 0 Å². The summed E-state index contributed by atoms with van der Waals surface area (Å²) in [7, 11) is 0. The summed E-state index contributed by atoms with van der Waals surface area (Å²) in [6.07, 6.45) is 15.5. The van der Waals surface area contributed by atoms with Crippen LogP contribution >= 0.6 is 0 Å². The second-order valence-corrected chi connectivity index (χ2v) is 18.5. The average Bonchev–Trinajstić information content (AvgIpc) is 3.42. The first-order valence-corrected chi connectivity index (χ1v) is 19.6. The maximum atomic E-state index is 14.3. The molecule has 0 aliphatic heterocycles. The van der Waals surface area contributed by atoms with E-state index in [1.807, 2.05) is 0 Å². The van der Waals surface area contributed by atoms with Crippen molar-refractivity contribution in [2.75, 3.05) is 13.1 Å². The van der Waals surface area contributed by atoms with Crippen molar-refractivity contribution in [1.82, 2.24) is 10.6 Å². The van der Waals surface area contributed by atoms with Gasteiger partial charge in [0.2, 0.25) is 11.8 Å². The van der Waals surface area contributed by atoms with Gasteiger partial charge in [-0.15, -0.1) is 0 Å². The highest BCUT2D eigenvalue weighted by Gasteiger charge is 2.71. The van der Waals surface area contributed by atoms with E-state index in [1.54, 1.807) is 0 Å². The average molecular weight is 669 g/mol. The van der Waals surface area contributed by atoms with E-state index in [2.05, 4.69) is 58.8 Å². The van der Waals surface area contributed by atoms with E-state index in [0.717, 1.165) is 64.2 Å².